The Labute approximate surface area is 118 Å². The van der Waals surface area contributed by atoms with Gasteiger partial charge in [0.2, 0.25) is 10.0 Å². The lowest BCUT2D eigenvalue weighted by Gasteiger charge is -2.13. The molecule has 0 aromatic heterocycles. The van der Waals surface area contributed by atoms with E-state index in [0.717, 1.165) is 37.8 Å². The van der Waals surface area contributed by atoms with Crippen LogP contribution in [0.15, 0.2) is 23.1 Å². The molecule has 0 bridgehead atoms. The largest absolute Gasteiger partial charge is 0.320 e. The number of benzene rings is 1. The van der Waals surface area contributed by atoms with E-state index in [2.05, 4.69) is 16.6 Å². The molecule has 0 saturated heterocycles. The van der Waals surface area contributed by atoms with Gasteiger partial charge in [-0.05, 0) is 31.0 Å². The molecule has 0 amide bonds. The Morgan fingerprint density at radius 2 is 2.05 bits per heavy atom. The van der Waals surface area contributed by atoms with Gasteiger partial charge < -0.3 is 5.73 Å². The molecule has 1 fully saturated rings. The molecule has 1 saturated carbocycles. The molecule has 6 heteroatoms. The molecule has 0 atom stereocenters. The molecular formula is C14H17FN2O2S. The molecule has 108 valence electrons. The first-order valence-electron chi connectivity index (χ1n) is 6.54. The van der Waals surface area contributed by atoms with Crippen molar-refractivity contribution in [1.29, 1.82) is 0 Å². The van der Waals surface area contributed by atoms with Gasteiger partial charge in [-0.25, -0.2) is 17.5 Å². The summed E-state index contributed by atoms with van der Waals surface area (Å²) in [7, 11) is -3.68. The van der Waals surface area contributed by atoms with E-state index < -0.39 is 15.8 Å². The summed E-state index contributed by atoms with van der Waals surface area (Å²) in [6.45, 7) is 0.0893. The third-order valence-corrected chi connectivity index (χ3v) is 4.81. The fourth-order valence-corrected chi connectivity index (χ4v) is 3.76. The van der Waals surface area contributed by atoms with Gasteiger partial charge >= 0.3 is 0 Å². The Kier molecular flexibility index (Phi) is 4.76. The Morgan fingerprint density at radius 3 is 2.70 bits per heavy atom. The predicted octanol–water partition coefficient (Wildman–Crippen LogP) is 1.36. The van der Waals surface area contributed by atoms with E-state index in [4.69, 9.17) is 5.73 Å². The zero-order chi connectivity index (χ0) is 14.6. The number of halogens is 1. The minimum atomic E-state index is -3.68. The van der Waals surface area contributed by atoms with E-state index in [1.165, 1.54) is 6.07 Å². The number of hydrogen-bond donors (Lipinski definition) is 2. The Morgan fingerprint density at radius 1 is 1.35 bits per heavy atom. The van der Waals surface area contributed by atoms with Crippen LogP contribution < -0.4 is 10.5 Å². The van der Waals surface area contributed by atoms with Gasteiger partial charge in [0, 0.05) is 11.6 Å². The molecule has 1 aromatic carbocycles. The van der Waals surface area contributed by atoms with Crippen LogP contribution in [0.5, 0.6) is 0 Å². The Balaban J connectivity index is 2.34. The fourth-order valence-electron chi connectivity index (χ4n) is 2.31. The van der Waals surface area contributed by atoms with Crippen LogP contribution in [0.25, 0.3) is 0 Å². The zero-order valence-corrected chi connectivity index (χ0v) is 11.8. The summed E-state index contributed by atoms with van der Waals surface area (Å²) in [5.41, 5.74) is 5.41. The van der Waals surface area contributed by atoms with Gasteiger partial charge in [-0.1, -0.05) is 24.7 Å². The molecule has 0 radical (unpaired) electrons. The summed E-state index contributed by atoms with van der Waals surface area (Å²) in [5, 5.41) is 0. The van der Waals surface area contributed by atoms with Gasteiger partial charge in [0.05, 0.1) is 11.4 Å². The van der Waals surface area contributed by atoms with Gasteiger partial charge in [0.15, 0.2) is 0 Å². The van der Waals surface area contributed by atoms with E-state index in [9.17, 15) is 12.8 Å². The average molecular weight is 296 g/mol. The lowest BCUT2D eigenvalue weighted by atomic mass is 10.2. The zero-order valence-electron chi connectivity index (χ0n) is 11.0. The monoisotopic (exact) mass is 296 g/mol. The summed E-state index contributed by atoms with van der Waals surface area (Å²) in [6, 6.07) is 3.44. The lowest BCUT2D eigenvalue weighted by Crippen LogP contribution is -2.33. The normalized spacial score (nSPS) is 15.9. The maximum absolute atomic E-state index is 13.3. The summed E-state index contributed by atoms with van der Waals surface area (Å²) < 4.78 is 40.6. The van der Waals surface area contributed by atoms with E-state index in [1.54, 1.807) is 0 Å². The van der Waals surface area contributed by atoms with Gasteiger partial charge in [0.1, 0.15) is 5.82 Å². The highest BCUT2D eigenvalue weighted by atomic mass is 32.2. The van der Waals surface area contributed by atoms with Gasteiger partial charge in [0.25, 0.3) is 0 Å². The Hall–Kier alpha value is -1.42. The molecule has 1 aliphatic carbocycles. The topological polar surface area (TPSA) is 72.2 Å². The first kappa shape index (κ1) is 15.0. The van der Waals surface area contributed by atoms with Crippen molar-refractivity contribution in [3.05, 3.63) is 29.6 Å². The third kappa shape index (κ3) is 3.57. The van der Waals surface area contributed by atoms with Crippen molar-refractivity contribution in [3.63, 3.8) is 0 Å². The molecule has 0 unspecified atom stereocenters. The highest BCUT2D eigenvalue weighted by Crippen LogP contribution is 2.22. The first-order chi connectivity index (χ1) is 9.53. The smallest absolute Gasteiger partial charge is 0.242 e. The molecule has 2 rings (SSSR count). The van der Waals surface area contributed by atoms with E-state index in [0.29, 0.717) is 0 Å². The second kappa shape index (κ2) is 6.35. The summed E-state index contributed by atoms with van der Waals surface area (Å²) in [5.74, 6) is 4.65. The molecular weight excluding hydrogens is 279 g/mol. The standard InChI is InChI=1S/C14H17FN2O2S/c15-12-7-8-14(11(10-12)4-3-9-16)20(18,19)17-13-5-1-2-6-13/h7-8,10,13,17H,1-2,5-6,9,16H2. The van der Waals surface area contributed by atoms with E-state index in [1.807, 2.05) is 0 Å². The molecule has 4 nitrogen and oxygen atoms in total. The lowest BCUT2D eigenvalue weighted by molar-refractivity contribution is 0.551. The van der Waals surface area contributed by atoms with Crippen molar-refractivity contribution < 1.29 is 12.8 Å². The quantitative estimate of drug-likeness (QED) is 0.827. The second-order valence-electron chi connectivity index (χ2n) is 4.75. The number of rotatable bonds is 3. The van der Waals surface area contributed by atoms with E-state index in [-0.39, 0.29) is 23.0 Å². The molecule has 1 aliphatic rings. The second-order valence-corrected chi connectivity index (χ2v) is 6.43. The predicted molar refractivity (Wildman–Crippen MR) is 74.9 cm³/mol. The Bertz CT molecular complexity index is 641. The number of nitrogens with two attached hydrogens (primary N) is 1. The highest BCUT2D eigenvalue weighted by molar-refractivity contribution is 7.89. The first-order valence-corrected chi connectivity index (χ1v) is 8.02. The molecule has 0 aliphatic heterocycles. The van der Waals surface area contributed by atoms with Crippen molar-refractivity contribution in [2.45, 2.75) is 36.6 Å². The summed E-state index contributed by atoms with van der Waals surface area (Å²) >= 11 is 0. The van der Waals surface area contributed by atoms with Gasteiger partial charge in [-0.3, -0.25) is 0 Å². The molecule has 0 spiro atoms. The maximum atomic E-state index is 13.3. The number of nitrogens with one attached hydrogen (secondary N) is 1. The van der Waals surface area contributed by atoms with Gasteiger partial charge in [-0.15, -0.1) is 0 Å². The average Bonchev–Trinajstić information content (AvgIpc) is 2.88. The molecule has 3 N–H and O–H groups in total. The van der Waals surface area contributed by atoms with Crippen LogP contribution in [0, 0.1) is 17.7 Å². The van der Waals surface area contributed by atoms with Crippen molar-refractivity contribution in [2.75, 3.05) is 6.54 Å². The third-order valence-electron chi connectivity index (χ3n) is 3.23. The SMILES string of the molecule is NCC#Cc1cc(F)ccc1S(=O)(=O)NC1CCCC1. The van der Waals surface area contributed by atoms with Crippen LogP contribution in [-0.4, -0.2) is 21.0 Å². The fraction of sp³-hybridized carbons (Fsp3) is 0.429. The van der Waals surface area contributed by atoms with Crippen LogP contribution >= 0.6 is 0 Å². The number of sulfonamides is 1. The maximum Gasteiger partial charge on any atom is 0.242 e. The summed E-state index contributed by atoms with van der Waals surface area (Å²) in [4.78, 5) is 0.00625. The van der Waals surface area contributed by atoms with Crippen LogP contribution in [0.2, 0.25) is 0 Å². The minimum Gasteiger partial charge on any atom is -0.320 e. The van der Waals surface area contributed by atoms with Crippen molar-refractivity contribution in [3.8, 4) is 11.8 Å². The van der Waals surface area contributed by atoms with E-state index >= 15 is 0 Å². The highest BCUT2D eigenvalue weighted by Gasteiger charge is 2.24. The minimum absolute atomic E-state index is 0.00625. The van der Waals surface area contributed by atoms with Crippen LogP contribution in [0.4, 0.5) is 4.39 Å². The van der Waals surface area contributed by atoms with Crippen molar-refractivity contribution in [1.82, 2.24) is 4.72 Å². The van der Waals surface area contributed by atoms with Crippen LogP contribution in [0.1, 0.15) is 31.2 Å². The summed E-state index contributed by atoms with van der Waals surface area (Å²) in [6.07, 6.45) is 3.72. The molecule has 20 heavy (non-hydrogen) atoms. The number of hydrogen-bond acceptors (Lipinski definition) is 3. The van der Waals surface area contributed by atoms with Crippen molar-refractivity contribution in [2.24, 2.45) is 5.73 Å². The van der Waals surface area contributed by atoms with Crippen LogP contribution in [-0.2, 0) is 10.0 Å². The molecule has 1 aromatic rings. The van der Waals surface area contributed by atoms with Crippen LogP contribution in [0.3, 0.4) is 0 Å². The van der Waals surface area contributed by atoms with Crippen molar-refractivity contribution >= 4 is 10.0 Å². The van der Waals surface area contributed by atoms with Gasteiger partial charge in [-0.2, -0.15) is 0 Å². The molecule has 0 heterocycles.